The Morgan fingerprint density at radius 3 is 2.56 bits per heavy atom. The molecule has 1 rings (SSSR count). The highest BCUT2D eigenvalue weighted by Gasteiger charge is 2.21. The summed E-state index contributed by atoms with van der Waals surface area (Å²) in [4.78, 5) is 13.6. The number of nitrogens with zero attached hydrogens (tertiary/aromatic N) is 1. The molecule has 0 aromatic heterocycles. The van der Waals surface area contributed by atoms with Crippen molar-refractivity contribution in [3.8, 4) is 0 Å². The molecule has 0 saturated carbocycles. The largest absolute Gasteiger partial charge is 0.354 e. The van der Waals surface area contributed by atoms with E-state index in [0.29, 0.717) is 6.04 Å². The standard InChI is InChI=1S/C13H26N2O/c1-4-13(5-2)15-9-6-7-12(8-10-15)14-11(3)16/h12-13H,4-10H2,1-3H3,(H,14,16)/t12-/m0/s1. The Bertz CT molecular complexity index is 214. The van der Waals surface area contributed by atoms with Gasteiger partial charge in [-0.2, -0.15) is 0 Å². The van der Waals surface area contributed by atoms with E-state index < -0.39 is 0 Å². The Morgan fingerprint density at radius 2 is 2.00 bits per heavy atom. The number of rotatable bonds is 4. The van der Waals surface area contributed by atoms with Crippen molar-refractivity contribution in [3.05, 3.63) is 0 Å². The van der Waals surface area contributed by atoms with E-state index >= 15 is 0 Å². The van der Waals surface area contributed by atoms with Gasteiger partial charge >= 0.3 is 0 Å². The summed E-state index contributed by atoms with van der Waals surface area (Å²) in [7, 11) is 0. The van der Waals surface area contributed by atoms with Gasteiger partial charge in [-0.25, -0.2) is 0 Å². The van der Waals surface area contributed by atoms with E-state index in [2.05, 4.69) is 24.1 Å². The van der Waals surface area contributed by atoms with Gasteiger partial charge in [-0.1, -0.05) is 13.8 Å². The van der Waals surface area contributed by atoms with Crippen molar-refractivity contribution in [1.82, 2.24) is 10.2 Å². The summed E-state index contributed by atoms with van der Waals surface area (Å²) in [5, 5.41) is 3.05. The van der Waals surface area contributed by atoms with Gasteiger partial charge < -0.3 is 10.2 Å². The molecule has 0 unspecified atom stereocenters. The molecule has 0 spiro atoms. The number of likely N-dealkylation sites (tertiary alicyclic amines) is 1. The van der Waals surface area contributed by atoms with Crippen LogP contribution in [0.5, 0.6) is 0 Å². The molecule has 0 bridgehead atoms. The third-order valence-corrected chi connectivity index (χ3v) is 3.63. The summed E-state index contributed by atoms with van der Waals surface area (Å²) in [6.07, 6.45) is 5.93. The normalized spacial score (nSPS) is 23.1. The van der Waals surface area contributed by atoms with Crippen LogP contribution in [0, 0.1) is 0 Å². The second kappa shape index (κ2) is 6.89. The maximum absolute atomic E-state index is 11.0. The molecule has 0 aromatic carbocycles. The lowest BCUT2D eigenvalue weighted by atomic mass is 10.1. The molecule has 0 aromatic rings. The Morgan fingerprint density at radius 1 is 1.31 bits per heavy atom. The fourth-order valence-electron chi connectivity index (χ4n) is 2.72. The van der Waals surface area contributed by atoms with Crippen LogP contribution in [0.15, 0.2) is 0 Å². The molecular formula is C13H26N2O. The first kappa shape index (κ1) is 13.5. The van der Waals surface area contributed by atoms with Gasteiger partial charge in [0.1, 0.15) is 0 Å². The highest BCUT2D eigenvalue weighted by Crippen LogP contribution is 2.16. The lowest BCUT2D eigenvalue weighted by Crippen LogP contribution is -2.37. The fraction of sp³-hybridized carbons (Fsp3) is 0.923. The van der Waals surface area contributed by atoms with E-state index in [1.807, 2.05) is 0 Å². The quantitative estimate of drug-likeness (QED) is 0.797. The monoisotopic (exact) mass is 226 g/mol. The number of carbonyl (C=O) groups excluding carboxylic acids is 1. The Balaban J connectivity index is 2.42. The van der Waals surface area contributed by atoms with E-state index in [4.69, 9.17) is 0 Å². The van der Waals surface area contributed by atoms with Gasteiger partial charge in [0.25, 0.3) is 0 Å². The van der Waals surface area contributed by atoms with Gasteiger partial charge in [-0.3, -0.25) is 4.79 Å². The average Bonchev–Trinajstić information content (AvgIpc) is 2.45. The van der Waals surface area contributed by atoms with E-state index in [9.17, 15) is 4.79 Å². The van der Waals surface area contributed by atoms with Crippen molar-refractivity contribution in [2.75, 3.05) is 13.1 Å². The van der Waals surface area contributed by atoms with Gasteiger partial charge in [-0.15, -0.1) is 0 Å². The molecule has 1 amide bonds. The van der Waals surface area contributed by atoms with E-state index in [-0.39, 0.29) is 5.91 Å². The van der Waals surface area contributed by atoms with Crippen molar-refractivity contribution < 1.29 is 4.79 Å². The fourth-order valence-corrected chi connectivity index (χ4v) is 2.72. The summed E-state index contributed by atoms with van der Waals surface area (Å²) >= 11 is 0. The van der Waals surface area contributed by atoms with Gasteiger partial charge in [0.2, 0.25) is 5.91 Å². The summed E-state index contributed by atoms with van der Waals surface area (Å²) in [5.74, 6) is 0.112. The van der Waals surface area contributed by atoms with Crippen molar-refractivity contribution >= 4 is 5.91 Å². The van der Waals surface area contributed by atoms with Crippen molar-refractivity contribution in [3.63, 3.8) is 0 Å². The third kappa shape index (κ3) is 4.12. The van der Waals surface area contributed by atoms with Gasteiger partial charge in [0.15, 0.2) is 0 Å². The highest BCUT2D eigenvalue weighted by atomic mass is 16.1. The predicted molar refractivity (Wildman–Crippen MR) is 67.4 cm³/mol. The lowest BCUT2D eigenvalue weighted by molar-refractivity contribution is -0.119. The molecule has 3 heteroatoms. The minimum absolute atomic E-state index is 0.112. The maximum atomic E-state index is 11.0. The summed E-state index contributed by atoms with van der Waals surface area (Å²) in [5.41, 5.74) is 0. The van der Waals surface area contributed by atoms with Crippen molar-refractivity contribution in [2.24, 2.45) is 0 Å². The zero-order valence-electron chi connectivity index (χ0n) is 11.0. The van der Waals surface area contributed by atoms with Crippen LogP contribution in [0.25, 0.3) is 0 Å². The first-order chi connectivity index (χ1) is 7.67. The number of nitrogens with one attached hydrogen (secondary N) is 1. The zero-order chi connectivity index (χ0) is 12.0. The molecule has 1 N–H and O–H groups in total. The Labute approximate surface area is 99.6 Å². The SMILES string of the molecule is CCC(CC)N1CCC[C@H](NC(C)=O)CC1. The molecule has 0 aliphatic carbocycles. The summed E-state index contributed by atoms with van der Waals surface area (Å²) in [6.45, 7) is 8.48. The molecule has 16 heavy (non-hydrogen) atoms. The molecular weight excluding hydrogens is 200 g/mol. The van der Waals surface area contributed by atoms with Crippen LogP contribution in [0.4, 0.5) is 0 Å². The Kier molecular flexibility index (Phi) is 5.81. The molecule has 1 atom stereocenters. The minimum atomic E-state index is 0.112. The van der Waals surface area contributed by atoms with E-state index in [0.717, 1.165) is 25.4 Å². The molecule has 1 heterocycles. The maximum Gasteiger partial charge on any atom is 0.217 e. The number of amides is 1. The summed E-state index contributed by atoms with van der Waals surface area (Å²) < 4.78 is 0. The van der Waals surface area contributed by atoms with E-state index in [1.165, 1.54) is 25.8 Å². The van der Waals surface area contributed by atoms with Gasteiger partial charge in [0, 0.05) is 25.6 Å². The van der Waals surface area contributed by atoms with Crippen molar-refractivity contribution in [2.45, 2.75) is 65.0 Å². The van der Waals surface area contributed by atoms with Gasteiger partial charge in [-0.05, 0) is 38.6 Å². The second-order valence-corrected chi connectivity index (χ2v) is 4.83. The van der Waals surface area contributed by atoms with Crippen LogP contribution in [0.3, 0.4) is 0 Å². The van der Waals surface area contributed by atoms with Crippen LogP contribution in [-0.4, -0.2) is 36.0 Å². The number of carbonyl (C=O) groups is 1. The zero-order valence-corrected chi connectivity index (χ0v) is 11.0. The first-order valence-electron chi connectivity index (χ1n) is 6.68. The summed E-state index contributed by atoms with van der Waals surface area (Å²) in [6, 6.07) is 1.13. The first-order valence-corrected chi connectivity index (χ1v) is 6.68. The van der Waals surface area contributed by atoms with Crippen LogP contribution >= 0.6 is 0 Å². The van der Waals surface area contributed by atoms with Gasteiger partial charge in [0.05, 0.1) is 0 Å². The minimum Gasteiger partial charge on any atom is -0.354 e. The van der Waals surface area contributed by atoms with Crippen LogP contribution in [0.2, 0.25) is 0 Å². The number of hydrogen-bond donors (Lipinski definition) is 1. The molecule has 1 aliphatic heterocycles. The topological polar surface area (TPSA) is 32.3 Å². The molecule has 3 nitrogen and oxygen atoms in total. The van der Waals surface area contributed by atoms with E-state index in [1.54, 1.807) is 6.92 Å². The number of hydrogen-bond acceptors (Lipinski definition) is 2. The van der Waals surface area contributed by atoms with Crippen LogP contribution in [0.1, 0.15) is 52.9 Å². The average molecular weight is 226 g/mol. The highest BCUT2D eigenvalue weighted by molar-refractivity contribution is 5.73. The lowest BCUT2D eigenvalue weighted by Gasteiger charge is -2.29. The Hall–Kier alpha value is -0.570. The molecule has 1 aliphatic rings. The molecule has 0 radical (unpaired) electrons. The van der Waals surface area contributed by atoms with Crippen LogP contribution < -0.4 is 5.32 Å². The third-order valence-electron chi connectivity index (χ3n) is 3.63. The van der Waals surface area contributed by atoms with Crippen molar-refractivity contribution in [1.29, 1.82) is 0 Å². The second-order valence-electron chi connectivity index (χ2n) is 4.83. The molecule has 1 saturated heterocycles. The predicted octanol–water partition coefficient (Wildman–Crippen LogP) is 2.17. The smallest absolute Gasteiger partial charge is 0.217 e. The molecule has 1 fully saturated rings. The van der Waals surface area contributed by atoms with Crippen LogP contribution in [-0.2, 0) is 4.79 Å². The molecule has 94 valence electrons.